The van der Waals surface area contributed by atoms with Crippen molar-refractivity contribution in [2.45, 2.75) is 44.8 Å². The van der Waals surface area contributed by atoms with Gasteiger partial charge in [0.15, 0.2) is 0 Å². The highest BCUT2D eigenvalue weighted by Gasteiger charge is 2.31. The molecule has 2 nitrogen and oxygen atoms in total. The van der Waals surface area contributed by atoms with Gasteiger partial charge in [-0.3, -0.25) is 0 Å². The van der Waals surface area contributed by atoms with Crippen LogP contribution >= 0.6 is 15.9 Å². The minimum Gasteiger partial charge on any atom is -0.393 e. The van der Waals surface area contributed by atoms with E-state index < -0.39 is 0 Å². The number of aliphatic hydroxyl groups excluding tert-OH is 1. The minimum absolute atomic E-state index is 0.260. The van der Waals surface area contributed by atoms with Crippen LogP contribution in [-0.4, -0.2) is 23.9 Å². The third kappa shape index (κ3) is 4.26. The van der Waals surface area contributed by atoms with Gasteiger partial charge in [0.25, 0.3) is 0 Å². The van der Waals surface area contributed by atoms with E-state index in [-0.39, 0.29) is 11.9 Å². The van der Waals surface area contributed by atoms with E-state index in [1.54, 1.807) is 6.07 Å². The summed E-state index contributed by atoms with van der Waals surface area (Å²) in [7, 11) is 0. The molecule has 1 aromatic carbocycles. The SMILES string of the molecule is CCOC1CC(CC(O)Cc2ccc(F)cc2Br)C1. The molecule has 0 aliphatic heterocycles. The maximum absolute atomic E-state index is 13.0. The Morgan fingerprint density at radius 3 is 2.84 bits per heavy atom. The molecule has 4 heteroatoms. The molecule has 1 saturated carbocycles. The number of aliphatic hydroxyl groups is 1. The van der Waals surface area contributed by atoms with Crippen LogP contribution < -0.4 is 0 Å². The van der Waals surface area contributed by atoms with E-state index in [1.807, 2.05) is 6.92 Å². The van der Waals surface area contributed by atoms with Gasteiger partial charge in [-0.1, -0.05) is 22.0 Å². The first-order valence-electron chi connectivity index (χ1n) is 6.82. The Hall–Kier alpha value is -0.450. The van der Waals surface area contributed by atoms with Crippen LogP contribution in [-0.2, 0) is 11.2 Å². The summed E-state index contributed by atoms with van der Waals surface area (Å²) < 4.78 is 19.2. The fraction of sp³-hybridized carbons (Fsp3) is 0.600. The molecule has 0 bridgehead atoms. The molecule has 19 heavy (non-hydrogen) atoms. The zero-order chi connectivity index (χ0) is 13.8. The van der Waals surface area contributed by atoms with Crippen LogP contribution in [0.15, 0.2) is 22.7 Å². The monoisotopic (exact) mass is 330 g/mol. The third-order valence-electron chi connectivity index (χ3n) is 3.67. The average Bonchev–Trinajstić information content (AvgIpc) is 2.30. The summed E-state index contributed by atoms with van der Waals surface area (Å²) in [5, 5.41) is 10.1. The number of hydrogen-bond donors (Lipinski definition) is 1. The van der Waals surface area contributed by atoms with Crippen molar-refractivity contribution in [3.8, 4) is 0 Å². The second-order valence-electron chi connectivity index (χ2n) is 5.24. The molecular formula is C15H20BrFO2. The molecule has 0 amide bonds. The molecule has 0 spiro atoms. The van der Waals surface area contributed by atoms with Crippen molar-refractivity contribution in [1.82, 2.24) is 0 Å². The lowest BCUT2D eigenvalue weighted by Gasteiger charge is -2.36. The highest BCUT2D eigenvalue weighted by Crippen LogP contribution is 2.34. The molecule has 0 saturated heterocycles. The number of hydrogen-bond acceptors (Lipinski definition) is 2. The highest BCUT2D eigenvalue weighted by atomic mass is 79.9. The summed E-state index contributed by atoms with van der Waals surface area (Å²) in [6.07, 6.45) is 3.49. The molecular weight excluding hydrogens is 311 g/mol. The minimum atomic E-state index is -0.366. The maximum Gasteiger partial charge on any atom is 0.124 e. The van der Waals surface area contributed by atoms with Gasteiger partial charge in [0.2, 0.25) is 0 Å². The molecule has 1 N–H and O–H groups in total. The normalized spacial score (nSPS) is 24.0. The molecule has 1 aromatic rings. The van der Waals surface area contributed by atoms with Crippen LogP contribution in [0.3, 0.4) is 0 Å². The van der Waals surface area contributed by atoms with Gasteiger partial charge in [-0.15, -0.1) is 0 Å². The van der Waals surface area contributed by atoms with Crippen molar-refractivity contribution in [2.24, 2.45) is 5.92 Å². The Labute approximate surface area is 122 Å². The summed E-state index contributed by atoms with van der Waals surface area (Å²) in [6, 6.07) is 4.60. The first kappa shape index (κ1) is 14.9. The Kier molecular flexibility index (Phi) is 5.37. The van der Waals surface area contributed by atoms with Crippen molar-refractivity contribution >= 4 is 15.9 Å². The number of rotatable bonds is 6. The largest absolute Gasteiger partial charge is 0.393 e. The van der Waals surface area contributed by atoms with Crippen LogP contribution in [0.5, 0.6) is 0 Å². The zero-order valence-electron chi connectivity index (χ0n) is 11.1. The van der Waals surface area contributed by atoms with Crippen molar-refractivity contribution < 1.29 is 14.2 Å². The summed E-state index contributed by atoms with van der Waals surface area (Å²) in [5.41, 5.74) is 0.953. The average molecular weight is 331 g/mol. The van der Waals surface area contributed by atoms with Gasteiger partial charge >= 0.3 is 0 Å². The first-order chi connectivity index (χ1) is 9.08. The lowest BCUT2D eigenvalue weighted by molar-refractivity contribution is -0.0375. The molecule has 0 radical (unpaired) electrons. The summed E-state index contributed by atoms with van der Waals surface area (Å²) in [6.45, 7) is 2.77. The quantitative estimate of drug-likeness (QED) is 0.861. The maximum atomic E-state index is 13.0. The number of benzene rings is 1. The fourth-order valence-electron chi connectivity index (χ4n) is 2.65. The Morgan fingerprint density at radius 2 is 2.21 bits per heavy atom. The van der Waals surface area contributed by atoms with Gasteiger partial charge in [0.1, 0.15) is 5.82 Å². The van der Waals surface area contributed by atoms with Crippen LogP contribution in [0.2, 0.25) is 0 Å². The van der Waals surface area contributed by atoms with E-state index >= 15 is 0 Å². The predicted octanol–water partition coefficient (Wildman–Crippen LogP) is 3.70. The molecule has 1 aliphatic carbocycles. The zero-order valence-corrected chi connectivity index (χ0v) is 12.7. The van der Waals surface area contributed by atoms with Gasteiger partial charge in [-0.25, -0.2) is 4.39 Å². The van der Waals surface area contributed by atoms with E-state index in [0.29, 0.717) is 18.4 Å². The lowest BCUT2D eigenvalue weighted by Crippen LogP contribution is -2.34. The van der Waals surface area contributed by atoms with Crippen molar-refractivity contribution in [2.75, 3.05) is 6.61 Å². The Bertz CT molecular complexity index is 419. The summed E-state index contributed by atoms with van der Waals surface area (Å²) in [4.78, 5) is 0. The molecule has 1 aliphatic rings. The molecule has 106 valence electrons. The summed E-state index contributed by atoms with van der Waals surface area (Å²) in [5.74, 6) is 0.300. The summed E-state index contributed by atoms with van der Waals surface area (Å²) >= 11 is 3.33. The molecule has 1 fully saturated rings. The van der Waals surface area contributed by atoms with Gasteiger partial charge in [0.05, 0.1) is 12.2 Å². The van der Waals surface area contributed by atoms with Crippen molar-refractivity contribution in [3.63, 3.8) is 0 Å². The van der Waals surface area contributed by atoms with Gasteiger partial charge in [-0.2, -0.15) is 0 Å². The third-order valence-corrected chi connectivity index (χ3v) is 4.41. The molecule has 2 rings (SSSR count). The van der Waals surface area contributed by atoms with Crippen LogP contribution in [0.25, 0.3) is 0 Å². The van der Waals surface area contributed by atoms with E-state index in [9.17, 15) is 9.50 Å². The van der Waals surface area contributed by atoms with Gasteiger partial charge in [-0.05, 0) is 56.2 Å². The van der Waals surface area contributed by atoms with Crippen molar-refractivity contribution in [3.05, 3.63) is 34.1 Å². The molecule has 1 unspecified atom stereocenters. The second-order valence-corrected chi connectivity index (χ2v) is 6.10. The van der Waals surface area contributed by atoms with Gasteiger partial charge in [0, 0.05) is 11.1 Å². The second kappa shape index (κ2) is 6.82. The van der Waals surface area contributed by atoms with E-state index in [2.05, 4.69) is 15.9 Å². The lowest BCUT2D eigenvalue weighted by atomic mass is 9.78. The van der Waals surface area contributed by atoms with E-state index in [1.165, 1.54) is 12.1 Å². The fourth-order valence-corrected chi connectivity index (χ4v) is 3.16. The molecule has 0 heterocycles. The Balaban J connectivity index is 1.77. The molecule has 0 aromatic heterocycles. The smallest absolute Gasteiger partial charge is 0.124 e. The van der Waals surface area contributed by atoms with Crippen LogP contribution in [0, 0.1) is 11.7 Å². The van der Waals surface area contributed by atoms with E-state index in [0.717, 1.165) is 35.9 Å². The first-order valence-corrected chi connectivity index (χ1v) is 7.61. The highest BCUT2D eigenvalue weighted by molar-refractivity contribution is 9.10. The van der Waals surface area contributed by atoms with Crippen LogP contribution in [0.4, 0.5) is 4.39 Å². The Morgan fingerprint density at radius 1 is 1.47 bits per heavy atom. The predicted molar refractivity (Wildman–Crippen MR) is 76.6 cm³/mol. The number of ether oxygens (including phenoxy) is 1. The van der Waals surface area contributed by atoms with Crippen LogP contribution in [0.1, 0.15) is 31.7 Å². The topological polar surface area (TPSA) is 29.5 Å². The standard InChI is InChI=1S/C15H20BrFO2/c1-2-19-14-6-10(7-14)5-13(18)8-11-3-4-12(17)9-15(11)16/h3-4,9-10,13-14,18H,2,5-8H2,1H3. The number of halogens is 2. The molecule has 1 atom stereocenters. The van der Waals surface area contributed by atoms with Gasteiger partial charge < -0.3 is 9.84 Å². The van der Waals surface area contributed by atoms with Crippen molar-refractivity contribution in [1.29, 1.82) is 0 Å². The van der Waals surface area contributed by atoms with E-state index in [4.69, 9.17) is 4.74 Å².